The van der Waals surface area contributed by atoms with Crippen molar-refractivity contribution in [1.82, 2.24) is 9.78 Å². The van der Waals surface area contributed by atoms with E-state index in [-0.39, 0.29) is 5.02 Å². The number of nitrogens with zero attached hydrogens (tertiary/aromatic N) is 2. The highest BCUT2D eigenvalue weighted by molar-refractivity contribution is 6.30. The maximum absolute atomic E-state index is 12.9. The summed E-state index contributed by atoms with van der Waals surface area (Å²) in [7, 11) is 0. The number of rotatable bonds is 1. The molecule has 2 aromatic rings. The van der Waals surface area contributed by atoms with Crippen molar-refractivity contribution in [3.05, 3.63) is 47.0 Å². The molecular formula is C10H8ClFN2. The molecule has 2 rings (SSSR count). The summed E-state index contributed by atoms with van der Waals surface area (Å²) < 4.78 is 14.5. The highest BCUT2D eigenvalue weighted by Gasteiger charge is 2.02. The summed E-state index contributed by atoms with van der Waals surface area (Å²) in [5.41, 5.74) is 1.66. The molecule has 0 amide bonds. The number of aromatic nitrogens is 2. The van der Waals surface area contributed by atoms with Crippen LogP contribution in [0.4, 0.5) is 4.39 Å². The van der Waals surface area contributed by atoms with Crippen LogP contribution in [0.2, 0.25) is 5.02 Å². The third kappa shape index (κ3) is 1.63. The summed E-state index contributed by atoms with van der Waals surface area (Å²) in [4.78, 5) is 0. The van der Waals surface area contributed by atoms with Crippen molar-refractivity contribution in [1.29, 1.82) is 0 Å². The maximum atomic E-state index is 12.9. The second-order valence-corrected chi connectivity index (χ2v) is 3.41. The lowest BCUT2D eigenvalue weighted by molar-refractivity contribution is 0.627. The molecule has 0 radical (unpaired) electrons. The molecule has 0 fully saturated rings. The highest BCUT2D eigenvalue weighted by Crippen LogP contribution is 2.18. The largest absolute Gasteiger partial charge is 0.241 e. The molecule has 0 atom stereocenters. The Morgan fingerprint density at radius 3 is 2.71 bits per heavy atom. The van der Waals surface area contributed by atoms with Crippen LogP contribution in [0.25, 0.3) is 5.69 Å². The van der Waals surface area contributed by atoms with Crippen molar-refractivity contribution < 1.29 is 4.39 Å². The zero-order valence-electron chi connectivity index (χ0n) is 7.54. The lowest BCUT2D eigenvalue weighted by atomic mass is 10.3. The fourth-order valence-corrected chi connectivity index (χ4v) is 1.36. The molecular weight excluding hydrogens is 203 g/mol. The van der Waals surface area contributed by atoms with E-state index in [1.165, 1.54) is 6.07 Å². The average Bonchev–Trinajstić information content (AvgIpc) is 2.57. The minimum atomic E-state index is -0.417. The summed E-state index contributed by atoms with van der Waals surface area (Å²) in [6.45, 7) is 1.89. The lowest BCUT2D eigenvalue weighted by Crippen LogP contribution is -1.95. The Morgan fingerprint density at radius 2 is 2.14 bits per heavy atom. The molecule has 0 bridgehead atoms. The molecule has 2 nitrogen and oxygen atoms in total. The third-order valence-electron chi connectivity index (χ3n) is 1.89. The van der Waals surface area contributed by atoms with Gasteiger partial charge in [-0.15, -0.1) is 0 Å². The van der Waals surface area contributed by atoms with Crippen molar-refractivity contribution in [3.8, 4) is 5.69 Å². The van der Waals surface area contributed by atoms with Gasteiger partial charge in [0.2, 0.25) is 0 Å². The van der Waals surface area contributed by atoms with Gasteiger partial charge in [0.25, 0.3) is 0 Å². The van der Waals surface area contributed by atoms with E-state index in [2.05, 4.69) is 5.10 Å². The van der Waals surface area contributed by atoms with E-state index < -0.39 is 5.82 Å². The molecule has 0 aliphatic rings. The third-order valence-corrected chi connectivity index (χ3v) is 2.18. The van der Waals surface area contributed by atoms with E-state index in [9.17, 15) is 4.39 Å². The topological polar surface area (TPSA) is 17.8 Å². The zero-order chi connectivity index (χ0) is 10.1. The van der Waals surface area contributed by atoms with Crippen LogP contribution in [-0.2, 0) is 0 Å². The first-order chi connectivity index (χ1) is 6.66. The molecule has 0 saturated carbocycles. The van der Waals surface area contributed by atoms with Gasteiger partial charge in [-0.25, -0.2) is 9.07 Å². The minimum absolute atomic E-state index is 0.107. The number of hydrogen-bond donors (Lipinski definition) is 0. The molecule has 4 heteroatoms. The molecule has 0 saturated heterocycles. The van der Waals surface area contributed by atoms with Crippen molar-refractivity contribution in [2.75, 3.05) is 0 Å². The molecule has 1 aromatic heterocycles. The van der Waals surface area contributed by atoms with Gasteiger partial charge in [0.1, 0.15) is 5.82 Å². The fraction of sp³-hybridized carbons (Fsp3) is 0.100. The Hall–Kier alpha value is -1.35. The first-order valence-corrected chi connectivity index (χ1v) is 4.52. The normalized spacial score (nSPS) is 10.5. The van der Waals surface area contributed by atoms with Gasteiger partial charge in [0, 0.05) is 6.20 Å². The first-order valence-electron chi connectivity index (χ1n) is 4.14. The molecule has 1 heterocycles. The predicted octanol–water partition coefficient (Wildman–Crippen LogP) is 2.97. The molecule has 0 N–H and O–H groups in total. The standard InChI is InChI=1S/C10H8ClFN2/c1-7-4-5-14(13-7)8-2-3-10(12)9(11)6-8/h2-6H,1H3. The summed E-state index contributed by atoms with van der Waals surface area (Å²) in [5, 5.41) is 4.29. The summed E-state index contributed by atoms with van der Waals surface area (Å²) >= 11 is 5.65. The van der Waals surface area contributed by atoms with Crippen LogP contribution >= 0.6 is 11.6 Å². The van der Waals surface area contributed by atoms with Gasteiger partial charge in [-0.3, -0.25) is 0 Å². The van der Waals surface area contributed by atoms with Gasteiger partial charge in [-0.05, 0) is 31.2 Å². The van der Waals surface area contributed by atoms with Crippen LogP contribution in [0.5, 0.6) is 0 Å². The second-order valence-electron chi connectivity index (χ2n) is 3.00. The molecule has 0 spiro atoms. The fourth-order valence-electron chi connectivity index (χ4n) is 1.19. The summed E-state index contributed by atoms with van der Waals surface area (Å²) in [5.74, 6) is -0.417. The quantitative estimate of drug-likeness (QED) is 0.708. The van der Waals surface area contributed by atoms with Crippen LogP contribution in [-0.4, -0.2) is 9.78 Å². The van der Waals surface area contributed by atoms with Crippen LogP contribution in [0, 0.1) is 12.7 Å². The second kappa shape index (κ2) is 3.42. The number of hydrogen-bond acceptors (Lipinski definition) is 1. The molecule has 0 aliphatic heterocycles. The molecule has 14 heavy (non-hydrogen) atoms. The van der Waals surface area contributed by atoms with E-state index in [1.807, 2.05) is 13.0 Å². The monoisotopic (exact) mass is 210 g/mol. The van der Waals surface area contributed by atoms with Gasteiger partial charge in [0.15, 0.2) is 0 Å². The Labute approximate surface area is 85.9 Å². The van der Waals surface area contributed by atoms with Crippen molar-refractivity contribution in [2.45, 2.75) is 6.92 Å². The zero-order valence-corrected chi connectivity index (χ0v) is 8.29. The van der Waals surface area contributed by atoms with Crippen molar-refractivity contribution in [2.24, 2.45) is 0 Å². The van der Waals surface area contributed by atoms with Crippen LogP contribution in [0.3, 0.4) is 0 Å². The average molecular weight is 211 g/mol. The van der Waals surface area contributed by atoms with Crippen LogP contribution < -0.4 is 0 Å². The molecule has 0 unspecified atom stereocenters. The summed E-state index contributed by atoms with van der Waals surface area (Å²) in [6.07, 6.45) is 1.80. The Balaban J connectivity index is 2.47. The van der Waals surface area contributed by atoms with E-state index in [1.54, 1.807) is 23.0 Å². The Morgan fingerprint density at radius 1 is 1.36 bits per heavy atom. The molecule has 0 aliphatic carbocycles. The molecule has 1 aromatic carbocycles. The Bertz CT molecular complexity index is 465. The predicted molar refractivity (Wildman–Crippen MR) is 53.3 cm³/mol. The van der Waals surface area contributed by atoms with E-state index in [0.29, 0.717) is 0 Å². The van der Waals surface area contributed by atoms with Gasteiger partial charge in [-0.2, -0.15) is 5.10 Å². The maximum Gasteiger partial charge on any atom is 0.141 e. The van der Waals surface area contributed by atoms with Gasteiger partial charge >= 0.3 is 0 Å². The minimum Gasteiger partial charge on any atom is -0.241 e. The molecule has 72 valence electrons. The van der Waals surface area contributed by atoms with Crippen LogP contribution in [0.1, 0.15) is 5.69 Å². The number of aryl methyl sites for hydroxylation is 1. The van der Waals surface area contributed by atoms with Crippen molar-refractivity contribution >= 4 is 11.6 Å². The lowest BCUT2D eigenvalue weighted by Gasteiger charge is -2.01. The highest BCUT2D eigenvalue weighted by atomic mass is 35.5. The van der Waals surface area contributed by atoms with Gasteiger partial charge in [0.05, 0.1) is 16.4 Å². The first kappa shape index (κ1) is 9.21. The van der Waals surface area contributed by atoms with E-state index in [0.717, 1.165) is 11.4 Å². The Kier molecular flexibility index (Phi) is 2.25. The van der Waals surface area contributed by atoms with E-state index in [4.69, 9.17) is 11.6 Å². The van der Waals surface area contributed by atoms with E-state index >= 15 is 0 Å². The SMILES string of the molecule is Cc1ccn(-c2ccc(F)c(Cl)c2)n1. The number of halogens is 2. The number of benzene rings is 1. The van der Waals surface area contributed by atoms with Gasteiger partial charge in [-0.1, -0.05) is 11.6 Å². The van der Waals surface area contributed by atoms with Crippen LogP contribution in [0.15, 0.2) is 30.5 Å². The van der Waals surface area contributed by atoms with Crippen molar-refractivity contribution in [3.63, 3.8) is 0 Å². The summed E-state index contributed by atoms with van der Waals surface area (Å²) in [6, 6.07) is 6.38. The van der Waals surface area contributed by atoms with Gasteiger partial charge < -0.3 is 0 Å². The smallest absolute Gasteiger partial charge is 0.141 e.